The molecule has 2 aliphatic rings. The molecule has 0 saturated carbocycles. The maximum Gasteiger partial charge on any atom is 0.231 e. The predicted octanol–water partition coefficient (Wildman–Crippen LogP) is 4.06. The number of aromatic nitrogens is 2. The third-order valence-corrected chi connectivity index (χ3v) is 6.90. The molecule has 2 amide bonds. The van der Waals surface area contributed by atoms with Gasteiger partial charge >= 0.3 is 0 Å². The highest BCUT2D eigenvalue weighted by molar-refractivity contribution is 6.30. The number of anilines is 1. The monoisotopic (exact) mass is 469 g/mol. The summed E-state index contributed by atoms with van der Waals surface area (Å²) in [4.78, 5) is 36.3. The van der Waals surface area contributed by atoms with Gasteiger partial charge in [0.2, 0.25) is 11.8 Å². The van der Waals surface area contributed by atoms with Crippen LogP contribution in [0, 0.1) is 0 Å². The molecule has 0 aliphatic carbocycles. The normalized spacial score (nSPS) is 19.8. The van der Waals surface area contributed by atoms with Crippen molar-refractivity contribution in [2.75, 3.05) is 25.0 Å². The first-order chi connectivity index (χ1) is 15.8. The highest BCUT2D eigenvalue weighted by Gasteiger charge is 2.34. The first kappa shape index (κ1) is 23.6. The Balaban J connectivity index is 1.47. The van der Waals surface area contributed by atoms with Gasteiger partial charge in [-0.2, -0.15) is 0 Å². The van der Waals surface area contributed by atoms with Crippen molar-refractivity contribution in [3.05, 3.63) is 52.4 Å². The summed E-state index contributed by atoms with van der Waals surface area (Å²) in [5, 5.41) is 6.98. The van der Waals surface area contributed by atoms with Gasteiger partial charge in [0.15, 0.2) is 0 Å². The van der Waals surface area contributed by atoms with Gasteiger partial charge in [-0.25, -0.2) is 9.97 Å². The average Bonchev–Trinajstić information content (AvgIpc) is 2.79. The van der Waals surface area contributed by atoms with Crippen LogP contribution in [0.25, 0.3) is 0 Å². The number of nitrogens with zero attached hydrogens (tertiary/aromatic N) is 3. The standard InChI is InChI=1S/C25H32ClN5O2/c1-15(2)27-13-20(17-4-6-19(26)7-5-17)25(33)31-10-8-18(9-11-31)23-22-16(3)12-21(32)30-24(22)29-14-28-23/h4-7,14-16,18,20,27H,8-13H2,1-3H3,(H,28,29,30,32)/t16-,20?/m1/s1. The summed E-state index contributed by atoms with van der Waals surface area (Å²) < 4.78 is 0. The van der Waals surface area contributed by atoms with Crippen LogP contribution in [-0.2, 0) is 9.59 Å². The second-order valence-electron chi connectivity index (χ2n) is 9.44. The lowest BCUT2D eigenvalue weighted by molar-refractivity contribution is -0.133. The lowest BCUT2D eigenvalue weighted by Gasteiger charge is -2.36. The molecule has 1 aromatic heterocycles. The Morgan fingerprint density at radius 2 is 1.91 bits per heavy atom. The van der Waals surface area contributed by atoms with Crippen LogP contribution >= 0.6 is 11.6 Å². The van der Waals surface area contributed by atoms with Crippen molar-refractivity contribution in [2.24, 2.45) is 0 Å². The van der Waals surface area contributed by atoms with Crippen molar-refractivity contribution in [3.8, 4) is 0 Å². The van der Waals surface area contributed by atoms with Gasteiger partial charge in [-0.1, -0.05) is 44.5 Å². The fourth-order valence-electron chi connectivity index (χ4n) is 4.87. The fraction of sp³-hybridized carbons (Fsp3) is 0.520. The SMILES string of the molecule is CC(C)NCC(C(=O)N1CCC(c2ncnc3c2[C@H](C)CC(=O)N3)CC1)c1ccc(Cl)cc1. The Morgan fingerprint density at radius 3 is 2.58 bits per heavy atom. The van der Waals surface area contributed by atoms with Crippen molar-refractivity contribution in [3.63, 3.8) is 0 Å². The number of fused-ring (bicyclic) bond motifs is 1. The van der Waals surface area contributed by atoms with E-state index >= 15 is 0 Å². The quantitative estimate of drug-likeness (QED) is 0.666. The van der Waals surface area contributed by atoms with Crippen LogP contribution in [0.4, 0.5) is 5.82 Å². The van der Waals surface area contributed by atoms with Crippen LogP contribution in [0.2, 0.25) is 5.02 Å². The molecule has 3 heterocycles. The molecule has 1 saturated heterocycles. The zero-order valence-corrected chi connectivity index (χ0v) is 20.2. The summed E-state index contributed by atoms with van der Waals surface area (Å²) in [6.07, 6.45) is 3.69. The Hall–Kier alpha value is -2.51. The Bertz CT molecular complexity index is 1000. The molecule has 8 heteroatoms. The third-order valence-electron chi connectivity index (χ3n) is 6.65. The van der Waals surface area contributed by atoms with Crippen molar-refractivity contribution in [2.45, 2.75) is 63.8 Å². The van der Waals surface area contributed by atoms with Crippen LogP contribution in [0.5, 0.6) is 0 Å². The van der Waals surface area contributed by atoms with Crippen molar-refractivity contribution < 1.29 is 9.59 Å². The highest BCUT2D eigenvalue weighted by atomic mass is 35.5. The van der Waals surface area contributed by atoms with Crippen LogP contribution in [-0.4, -0.2) is 52.4 Å². The molecule has 1 fully saturated rings. The van der Waals surface area contributed by atoms with Gasteiger partial charge in [-0.15, -0.1) is 0 Å². The summed E-state index contributed by atoms with van der Waals surface area (Å²) >= 11 is 6.07. The molecule has 4 rings (SSSR count). The van der Waals surface area contributed by atoms with E-state index in [-0.39, 0.29) is 29.6 Å². The summed E-state index contributed by atoms with van der Waals surface area (Å²) in [5.74, 6) is 0.901. The van der Waals surface area contributed by atoms with Crippen LogP contribution in [0.3, 0.4) is 0 Å². The molecule has 33 heavy (non-hydrogen) atoms. The molecule has 2 aromatic rings. The lowest BCUT2D eigenvalue weighted by Crippen LogP contribution is -2.44. The topological polar surface area (TPSA) is 87.2 Å². The Labute approximate surface area is 200 Å². The van der Waals surface area contributed by atoms with E-state index in [2.05, 4.69) is 41.4 Å². The van der Waals surface area contributed by atoms with Crippen LogP contribution in [0.15, 0.2) is 30.6 Å². The molecule has 0 bridgehead atoms. The number of rotatable bonds is 6. The molecule has 7 nitrogen and oxygen atoms in total. The molecular weight excluding hydrogens is 438 g/mol. The minimum atomic E-state index is -0.247. The van der Waals surface area contributed by atoms with Gasteiger partial charge in [0, 0.05) is 48.6 Å². The zero-order chi connectivity index (χ0) is 23.5. The van der Waals surface area contributed by atoms with E-state index in [0.717, 1.165) is 29.7 Å². The first-order valence-corrected chi connectivity index (χ1v) is 12.1. The number of benzene rings is 1. The van der Waals surface area contributed by atoms with E-state index in [1.54, 1.807) is 0 Å². The number of likely N-dealkylation sites (tertiary alicyclic amines) is 1. The molecular formula is C25H32ClN5O2. The highest BCUT2D eigenvalue weighted by Crippen LogP contribution is 2.38. The molecule has 2 aliphatic heterocycles. The smallest absolute Gasteiger partial charge is 0.231 e. The van der Waals surface area contributed by atoms with Gasteiger partial charge < -0.3 is 15.5 Å². The molecule has 2 atom stereocenters. The summed E-state index contributed by atoms with van der Waals surface area (Å²) in [6.45, 7) is 8.20. The molecule has 2 N–H and O–H groups in total. The number of hydrogen-bond donors (Lipinski definition) is 2. The number of piperidine rings is 1. The molecule has 176 valence electrons. The number of amides is 2. The largest absolute Gasteiger partial charge is 0.342 e. The maximum absolute atomic E-state index is 13.5. The molecule has 1 aromatic carbocycles. The van der Waals surface area contributed by atoms with E-state index in [9.17, 15) is 9.59 Å². The Kier molecular flexibility index (Phi) is 7.29. The maximum atomic E-state index is 13.5. The van der Waals surface area contributed by atoms with Crippen molar-refractivity contribution in [1.82, 2.24) is 20.2 Å². The molecule has 1 unspecified atom stereocenters. The minimum Gasteiger partial charge on any atom is -0.342 e. The van der Waals surface area contributed by atoms with E-state index < -0.39 is 0 Å². The fourth-order valence-corrected chi connectivity index (χ4v) is 5.00. The number of hydrogen-bond acceptors (Lipinski definition) is 5. The predicted molar refractivity (Wildman–Crippen MR) is 130 cm³/mol. The summed E-state index contributed by atoms with van der Waals surface area (Å²) in [5.41, 5.74) is 3.06. The number of nitrogens with one attached hydrogen (secondary N) is 2. The summed E-state index contributed by atoms with van der Waals surface area (Å²) in [7, 11) is 0. The van der Waals surface area contributed by atoms with Gasteiger partial charge in [0.05, 0.1) is 11.6 Å². The van der Waals surface area contributed by atoms with Crippen molar-refractivity contribution in [1.29, 1.82) is 0 Å². The van der Waals surface area contributed by atoms with Crippen molar-refractivity contribution >= 4 is 29.2 Å². The first-order valence-electron chi connectivity index (χ1n) is 11.8. The molecule has 0 radical (unpaired) electrons. The van der Waals surface area contributed by atoms with Gasteiger partial charge in [0.1, 0.15) is 12.1 Å². The van der Waals surface area contributed by atoms with Gasteiger partial charge in [-0.05, 0) is 36.5 Å². The zero-order valence-electron chi connectivity index (χ0n) is 19.5. The lowest BCUT2D eigenvalue weighted by atomic mass is 9.84. The average molecular weight is 470 g/mol. The number of halogens is 1. The van der Waals surface area contributed by atoms with E-state index in [4.69, 9.17) is 11.6 Å². The second kappa shape index (κ2) is 10.2. The number of carbonyl (C=O) groups is 2. The van der Waals surface area contributed by atoms with Gasteiger partial charge in [0.25, 0.3) is 0 Å². The van der Waals surface area contributed by atoms with E-state index in [1.807, 2.05) is 29.2 Å². The minimum absolute atomic E-state index is 0.00307. The third kappa shape index (κ3) is 5.36. The van der Waals surface area contributed by atoms with Crippen LogP contribution < -0.4 is 10.6 Å². The number of carbonyl (C=O) groups excluding carboxylic acids is 2. The van der Waals surface area contributed by atoms with Gasteiger partial charge in [-0.3, -0.25) is 9.59 Å². The van der Waals surface area contributed by atoms with Crippen LogP contribution in [0.1, 0.15) is 74.6 Å². The molecule has 0 spiro atoms. The summed E-state index contributed by atoms with van der Waals surface area (Å²) in [6, 6.07) is 7.88. The second-order valence-corrected chi connectivity index (χ2v) is 9.88. The van der Waals surface area contributed by atoms with E-state index in [1.165, 1.54) is 6.33 Å². The van der Waals surface area contributed by atoms with E-state index in [0.29, 0.717) is 42.9 Å². The Morgan fingerprint density at radius 1 is 1.21 bits per heavy atom.